The molecule has 1 aliphatic heterocycles. The quantitative estimate of drug-likeness (QED) is 0.499. The summed E-state index contributed by atoms with van der Waals surface area (Å²) < 4.78 is 10.2. The van der Waals surface area contributed by atoms with Gasteiger partial charge in [0.2, 0.25) is 0 Å². The molecule has 1 aromatic rings. The molecule has 0 radical (unpaired) electrons. The molecule has 2 unspecified atom stereocenters. The van der Waals surface area contributed by atoms with Gasteiger partial charge in [0.1, 0.15) is 6.23 Å². The van der Waals surface area contributed by atoms with Crippen LogP contribution < -0.4 is 15.4 Å². The Morgan fingerprint density at radius 3 is 3.00 bits per heavy atom. The Morgan fingerprint density at radius 1 is 1.50 bits per heavy atom. The van der Waals surface area contributed by atoms with E-state index in [0.717, 1.165) is 0 Å². The number of hydrogen-bond acceptors (Lipinski definition) is 6. The van der Waals surface area contributed by atoms with Gasteiger partial charge in [-0.1, -0.05) is 6.07 Å². The zero-order chi connectivity index (χ0) is 13.0. The summed E-state index contributed by atoms with van der Waals surface area (Å²) in [5, 5.41) is 15.9. The van der Waals surface area contributed by atoms with Crippen molar-refractivity contribution in [1.29, 1.82) is 0 Å². The number of epoxide rings is 1. The maximum absolute atomic E-state index is 9.82. The Balaban J connectivity index is 1.85. The number of nitrogens with zero attached hydrogens (tertiary/aromatic N) is 1. The number of aromatic hydroxyl groups is 1. The molecule has 1 aromatic carbocycles. The molecule has 0 bridgehead atoms. The molecule has 0 spiro atoms. The van der Waals surface area contributed by atoms with Gasteiger partial charge in [-0.2, -0.15) is 0 Å². The molecule has 0 aliphatic carbocycles. The third-order valence-electron chi connectivity index (χ3n) is 2.64. The van der Waals surface area contributed by atoms with Crippen molar-refractivity contribution in [2.45, 2.75) is 12.5 Å². The number of methoxy groups -OCH3 is 1. The van der Waals surface area contributed by atoms with Crippen LogP contribution in [0.3, 0.4) is 0 Å². The molecular formula is C12H17N3O3. The minimum atomic E-state index is 0.0195. The number of likely N-dealkylation sites (N-methyl/N-ethyl adjacent to an activating group) is 1. The van der Waals surface area contributed by atoms with Crippen LogP contribution in [0.4, 0.5) is 0 Å². The molecule has 6 nitrogen and oxygen atoms in total. The zero-order valence-corrected chi connectivity index (χ0v) is 10.4. The Kier molecular flexibility index (Phi) is 4.14. The molecule has 0 aromatic heterocycles. The van der Waals surface area contributed by atoms with Crippen LogP contribution in [0, 0.1) is 0 Å². The number of benzene rings is 1. The van der Waals surface area contributed by atoms with Crippen molar-refractivity contribution < 1.29 is 14.6 Å². The average Bonchev–Trinajstić information content (AvgIpc) is 3.15. The summed E-state index contributed by atoms with van der Waals surface area (Å²) in [5.74, 6) is 0.534. The number of aliphatic imine (C=N–C) groups is 1. The fraction of sp³-hybridized carbons (Fsp3) is 0.417. The van der Waals surface area contributed by atoms with Crippen LogP contribution in [0.5, 0.6) is 11.5 Å². The van der Waals surface area contributed by atoms with Crippen molar-refractivity contribution in [2.75, 3.05) is 20.8 Å². The minimum absolute atomic E-state index is 0.0195. The maximum atomic E-state index is 9.82. The van der Waals surface area contributed by atoms with E-state index < -0.39 is 0 Å². The van der Waals surface area contributed by atoms with Crippen molar-refractivity contribution in [3.05, 3.63) is 23.8 Å². The predicted octanol–water partition coefficient (Wildman–Crippen LogP) is 0.269. The van der Waals surface area contributed by atoms with Crippen LogP contribution in [-0.2, 0) is 4.74 Å². The largest absolute Gasteiger partial charge is 0.504 e. The lowest BCUT2D eigenvalue weighted by Gasteiger charge is -2.04. The Bertz CT molecular complexity index is 437. The smallest absolute Gasteiger partial charge is 0.166 e. The van der Waals surface area contributed by atoms with E-state index in [0.29, 0.717) is 18.0 Å². The Labute approximate surface area is 106 Å². The lowest BCUT2D eigenvalue weighted by molar-refractivity contribution is 0.335. The van der Waals surface area contributed by atoms with E-state index in [-0.39, 0.29) is 18.2 Å². The lowest BCUT2D eigenvalue weighted by Crippen LogP contribution is -2.25. The van der Waals surface area contributed by atoms with Gasteiger partial charge in [-0.15, -0.1) is 0 Å². The SMILES string of the molecule is CNC1OC1NCN=Cc1cccc(OC)c1O. The zero-order valence-electron chi connectivity index (χ0n) is 10.4. The molecule has 2 rings (SSSR count). The first-order valence-corrected chi connectivity index (χ1v) is 5.68. The van der Waals surface area contributed by atoms with Gasteiger partial charge in [0, 0.05) is 11.8 Å². The second-order valence-electron chi connectivity index (χ2n) is 3.84. The highest BCUT2D eigenvalue weighted by Gasteiger charge is 2.36. The number of para-hydroxylation sites is 1. The van der Waals surface area contributed by atoms with Crippen molar-refractivity contribution >= 4 is 6.21 Å². The molecule has 18 heavy (non-hydrogen) atoms. The number of phenols is 1. The monoisotopic (exact) mass is 251 g/mol. The highest BCUT2D eigenvalue weighted by molar-refractivity contribution is 5.84. The third kappa shape index (κ3) is 2.98. The maximum Gasteiger partial charge on any atom is 0.166 e. The van der Waals surface area contributed by atoms with E-state index in [4.69, 9.17) is 9.47 Å². The first-order valence-electron chi connectivity index (χ1n) is 5.68. The van der Waals surface area contributed by atoms with E-state index in [1.165, 1.54) is 7.11 Å². The molecule has 3 N–H and O–H groups in total. The van der Waals surface area contributed by atoms with Crippen molar-refractivity contribution in [2.24, 2.45) is 4.99 Å². The molecule has 98 valence electrons. The molecule has 1 aliphatic rings. The Hall–Kier alpha value is -1.63. The van der Waals surface area contributed by atoms with Gasteiger partial charge in [0.05, 0.1) is 13.8 Å². The van der Waals surface area contributed by atoms with Crippen LogP contribution in [0.1, 0.15) is 5.56 Å². The second kappa shape index (κ2) is 5.81. The van der Waals surface area contributed by atoms with Gasteiger partial charge in [-0.25, -0.2) is 0 Å². The number of nitrogens with one attached hydrogen (secondary N) is 2. The summed E-state index contributed by atoms with van der Waals surface area (Å²) in [7, 11) is 3.35. The van der Waals surface area contributed by atoms with Gasteiger partial charge in [0.15, 0.2) is 17.7 Å². The van der Waals surface area contributed by atoms with Gasteiger partial charge in [-0.3, -0.25) is 15.6 Å². The van der Waals surface area contributed by atoms with Gasteiger partial charge in [0.25, 0.3) is 0 Å². The summed E-state index contributed by atoms with van der Waals surface area (Å²) in [6, 6.07) is 5.26. The highest BCUT2D eigenvalue weighted by atomic mass is 16.6. The van der Waals surface area contributed by atoms with E-state index in [2.05, 4.69) is 15.6 Å². The molecule has 0 amide bonds. The molecule has 6 heteroatoms. The van der Waals surface area contributed by atoms with E-state index >= 15 is 0 Å². The lowest BCUT2D eigenvalue weighted by atomic mass is 10.2. The second-order valence-corrected chi connectivity index (χ2v) is 3.84. The van der Waals surface area contributed by atoms with Crippen LogP contribution in [0.15, 0.2) is 23.2 Å². The van der Waals surface area contributed by atoms with Gasteiger partial charge < -0.3 is 14.6 Å². The van der Waals surface area contributed by atoms with Crippen molar-refractivity contribution in [3.8, 4) is 11.5 Å². The molecule has 1 saturated heterocycles. The predicted molar refractivity (Wildman–Crippen MR) is 68.0 cm³/mol. The average molecular weight is 251 g/mol. The van der Waals surface area contributed by atoms with Gasteiger partial charge in [-0.05, 0) is 19.2 Å². The summed E-state index contributed by atoms with van der Waals surface area (Å²) in [6.45, 7) is 0.430. The summed E-state index contributed by atoms with van der Waals surface area (Å²) >= 11 is 0. The van der Waals surface area contributed by atoms with E-state index in [1.807, 2.05) is 7.05 Å². The van der Waals surface area contributed by atoms with E-state index in [9.17, 15) is 5.11 Å². The first kappa shape index (κ1) is 12.8. The topological polar surface area (TPSA) is 78.4 Å². The number of rotatable bonds is 6. The first-order chi connectivity index (χ1) is 8.76. The van der Waals surface area contributed by atoms with Gasteiger partial charge >= 0.3 is 0 Å². The highest BCUT2D eigenvalue weighted by Crippen LogP contribution is 2.27. The van der Waals surface area contributed by atoms with E-state index in [1.54, 1.807) is 24.4 Å². The Morgan fingerprint density at radius 2 is 2.33 bits per heavy atom. The molecular weight excluding hydrogens is 234 g/mol. The molecule has 1 fully saturated rings. The fourth-order valence-electron chi connectivity index (χ4n) is 1.58. The molecule has 0 saturated carbocycles. The minimum Gasteiger partial charge on any atom is -0.504 e. The summed E-state index contributed by atoms with van der Waals surface area (Å²) in [4.78, 5) is 4.17. The standard InChI is InChI=1S/C12H17N3O3/c1-13-11-12(18-11)15-7-14-6-8-4-3-5-9(17-2)10(8)16/h3-6,11-13,15-16H,7H2,1-2H3. The summed E-state index contributed by atoms with van der Waals surface area (Å²) in [6.07, 6.45) is 1.69. The van der Waals surface area contributed by atoms with Crippen molar-refractivity contribution in [1.82, 2.24) is 10.6 Å². The third-order valence-corrected chi connectivity index (χ3v) is 2.64. The summed E-state index contributed by atoms with van der Waals surface area (Å²) in [5.41, 5.74) is 0.623. The normalized spacial score (nSPS) is 22.3. The number of phenolic OH excluding ortho intramolecular Hbond substituents is 1. The molecule has 2 atom stereocenters. The van der Waals surface area contributed by atoms with Crippen LogP contribution in [0.2, 0.25) is 0 Å². The van der Waals surface area contributed by atoms with Crippen molar-refractivity contribution in [3.63, 3.8) is 0 Å². The number of hydrogen-bond donors (Lipinski definition) is 3. The van der Waals surface area contributed by atoms with Crippen LogP contribution in [-0.4, -0.2) is 44.6 Å². The fourth-order valence-corrected chi connectivity index (χ4v) is 1.58. The molecule has 1 heterocycles. The van der Waals surface area contributed by atoms with Crippen LogP contribution in [0.25, 0.3) is 0 Å². The number of ether oxygens (including phenoxy) is 2. The van der Waals surface area contributed by atoms with Crippen LogP contribution >= 0.6 is 0 Å².